The van der Waals surface area contributed by atoms with Gasteiger partial charge in [-0.2, -0.15) is 0 Å². The first kappa shape index (κ1) is 17.0. The zero-order valence-electron chi connectivity index (χ0n) is 13.0. The van der Waals surface area contributed by atoms with E-state index in [1.54, 1.807) is 24.3 Å². The van der Waals surface area contributed by atoms with Crippen LogP contribution in [-0.4, -0.2) is 39.3 Å². The average molecular weight is 333 g/mol. The quantitative estimate of drug-likeness (QED) is 0.847. The summed E-state index contributed by atoms with van der Waals surface area (Å²) in [5.74, 6) is -0.211. The standard InChI is InChI=1S/C16H19N3O3S/c1-19(2)23(21,22)15-10-6-9-14(11-15)17-12-16(20)18-13-7-4-3-5-8-13/h3-11,17H,12H2,1-2H3,(H,18,20). The van der Waals surface area contributed by atoms with Gasteiger partial charge in [-0.3, -0.25) is 4.79 Å². The second kappa shape index (κ2) is 7.26. The lowest BCUT2D eigenvalue weighted by Crippen LogP contribution is -2.23. The number of benzene rings is 2. The molecule has 0 aliphatic rings. The van der Waals surface area contributed by atoms with Crippen molar-refractivity contribution in [1.82, 2.24) is 4.31 Å². The van der Waals surface area contributed by atoms with Crippen LogP contribution >= 0.6 is 0 Å². The minimum atomic E-state index is -3.49. The van der Waals surface area contributed by atoms with Crippen LogP contribution in [0.3, 0.4) is 0 Å². The first-order chi connectivity index (χ1) is 10.9. The molecule has 0 fully saturated rings. The molecule has 0 saturated heterocycles. The number of nitrogens with zero attached hydrogens (tertiary/aromatic N) is 1. The Balaban J connectivity index is 2.00. The lowest BCUT2D eigenvalue weighted by atomic mass is 10.3. The van der Waals surface area contributed by atoms with Crippen molar-refractivity contribution < 1.29 is 13.2 Å². The molecule has 23 heavy (non-hydrogen) atoms. The fourth-order valence-electron chi connectivity index (χ4n) is 1.89. The van der Waals surface area contributed by atoms with Crippen molar-refractivity contribution in [1.29, 1.82) is 0 Å². The summed E-state index contributed by atoms with van der Waals surface area (Å²) < 4.78 is 25.3. The SMILES string of the molecule is CN(C)S(=O)(=O)c1cccc(NCC(=O)Nc2ccccc2)c1. The van der Waals surface area contributed by atoms with E-state index in [2.05, 4.69) is 10.6 Å². The molecule has 2 rings (SSSR count). The van der Waals surface area contributed by atoms with Crippen molar-refractivity contribution in [2.75, 3.05) is 31.3 Å². The fraction of sp³-hybridized carbons (Fsp3) is 0.188. The van der Waals surface area contributed by atoms with Gasteiger partial charge in [0.1, 0.15) is 0 Å². The van der Waals surface area contributed by atoms with E-state index in [1.165, 1.54) is 26.2 Å². The molecule has 0 aliphatic carbocycles. The molecule has 1 amide bonds. The van der Waals surface area contributed by atoms with Crippen molar-refractivity contribution in [3.63, 3.8) is 0 Å². The first-order valence-electron chi connectivity index (χ1n) is 7.01. The Hall–Kier alpha value is -2.38. The van der Waals surface area contributed by atoms with E-state index in [9.17, 15) is 13.2 Å². The van der Waals surface area contributed by atoms with Gasteiger partial charge in [-0.25, -0.2) is 12.7 Å². The van der Waals surface area contributed by atoms with Crippen LogP contribution in [0.25, 0.3) is 0 Å². The van der Waals surface area contributed by atoms with Gasteiger partial charge in [0.15, 0.2) is 0 Å². The number of rotatable bonds is 6. The summed E-state index contributed by atoms with van der Waals surface area (Å²) in [5, 5.41) is 5.67. The number of nitrogens with one attached hydrogen (secondary N) is 2. The molecule has 122 valence electrons. The number of carbonyl (C=O) groups is 1. The van der Waals surface area contributed by atoms with Crippen LogP contribution in [0, 0.1) is 0 Å². The zero-order valence-corrected chi connectivity index (χ0v) is 13.8. The Bertz CT molecular complexity index is 774. The van der Waals surface area contributed by atoms with E-state index in [0.29, 0.717) is 11.4 Å². The molecule has 0 bridgehead atoms. The van der Waals surface area contributed by atoms with Gasteiger partial charge in [-0.15, -0.1) is 0 Å². The zero-order chi connectivity index (χ0) is 16.9. The number of hydrogen-bond acceptors (Lipinski definition) is 4. The van der Waals surface area contributed by atoms with Crippen LogP contribution in [0.4, 0.5) is 11.4 Å². The topological polar surface area (TPSA) is 78.5 Å². The summed E-state index contributed by atoms with van der Waals surface area (Å²) in [6.07, 6.45) is 0. The van der Waals surface area contributed by atoms with E-state index in [-0.39, 0.29) is 17.3 Å². The minimum Gasteiger partial charge on any atom is -0.376 e. The number of amides is 1. The molecule has 0 saturated carbocycles. The largest absolute Gasteiger partial charge is 0.376 e. The van der Waals surface area contributed by atoms with Crippen molar-refractivity contribution in [3.8, 4) is 0 Å². The summed E-state index contributed by atoms with van der Waals surface area (Å²) in [5.41, 5.74) is 1.28. The third-order valence-corrected chi connectivity index (χ3v) is 4.93. The molecule has 0 aromatic heterocycles. The van der Waals surface area contributed by atoms with Crippen LogP contribution in [0.15, 0.2) is 59.5 Å². The van der Waals surface area contributed by atoms with E-state index in [1.807, 2.05) is 18.2 Å². The Kier molecular flexibility index (Phi) is 5.36. The Morgan fingerprint density at radius 1 is 1.00 bits per heavy atom. The predicted octanol–water partition coefficient (Wildman–Crippen LogP) is 1.99. The summed E-state index contributed by atoms with van der Waals surface area (Å²) >= 11 is 0. The highest BCUT2D eigenvalue weighted by atomic mass is 32.2. The molecule has 0 spiro atoms. The highest BCUT2D eigenvalue weighted by molar-refractivity contribution is 7.89. The van der Waals surface area contributed by atoms with Crippen LogP contribution in [0.1, 0.15) is 0 Å². The van der Waals surface area contributed by atoms with Crippen molar-refractivity contribution in [3.05, 3.63) is 54.6 Å². The summed E-state index contributed by atoms with van der Waals surface area (Å²) in [6, 6.07) is 15.5. The fourth-order valence-corrected chi connectivity index (χ4v) is 2.83. The number of anilines is 2. The van der Waals surface area contributed by atoms with Crippen molar-refractivity contribution in [2.24, 2.45) is 0 Å². The van der Waals surface area contributed by atoms with Crippen molar-refractivity contribution >= 4 is 27.3 Å². The normalized spacial score (nSPS) is 11.3. The second-order valence-corrected chi connectivity index (χ2v) is 7.23. The first-order valence-corrected chi connectivity index (χ1v) is 8.45. The monoisotopic (exact) mass is 333 g/mol. The summed E-state index contributed by atoms with van der Waals surface area (Å²) in [6.45, 7) is 0.0420. The van der Waals surface area contributed by atoms with Gasteiger partial charge in [0, 0.05) is 25.5 Å². The number of sulfonamides is 1. The van der Waals surface area contributed by atoms with Gasteiger partial charge in [-0.1, -0.05) is 24.3 Å². The smallest absolute Gasteiger partial charge is 0.243 e. The number of hydrogen-bond donors (Lipinski definition) is 2. The van der Waals surface area contributed by atoms with Crippen LogP contribution < -0.4 is 10.6 Å². The highest BCUT2D eigenvalue weighted by Crippen LogP contribution is 2.17. The maximum atomic E-state index is 12.1. The lowest BCUT2D eigenvalue weighted by Gasteiger charge is -2.13. The Morgan fingerprint density at radius 3 is 2.30 bits per heavy atom. The van der Waals surface area contributed by atoms with Gasteiger partial charge >= 0.3 is 0 Å². The van der Waals surface area contributed by atoms with Gasteiger partial charge in [0.05, 0.1) is 11.4 Å². The van der Waals surface area contributed by atoms with Gasteiger partial charge < -0.3 is 10.6 Å². The molecule has 2 aromatic carbocycles. The predicted molar refractivity (Wildman–Crippen MR) is 90.9 cm³/mol. The van der Waals surface area contributed by atoms with E-state index >= 15 is 0 Å². The number of para-hydroxylation sites is 1. The Morgan fingerprint density at radius 2 is 1.65 bits per heavy atom. The molecule has 2 N–H and O–H groups in total. The average Bonchev–Trinajstić information content (AvgIpc) is 2.54. The number of carbonyl (C=O) groups excluding carboxylic acids is 1. The van der Waals surface area contributed by atoms with Crippen LogP contribution in [0.5, 0.6) is 0 Å². The molecule has 7 heteroatoms. The molecule has 0 atom stereocenters. The van der Waals surface area contributed by atoms with E-state index in [0.717, 1.165) is 4.31 Å². The molecule has 2 aromatic rings. The molecule has 0 heterocycles. The van der Waals surface area contributed by atoms with Crippen LogP contribution in [-0.2, 0) is 14.8 Å². The highest BCUT2D eigenvalue weighted by Gasteiger charge is 2.17. The maximum Gasteiger partial charge on any atom is 0.243 e. The van der Waals surface area contributed by atoms with Crippen LogP contribution in [0.2, 0.25) is 0 Å². The van der Waals surface area contributed by atoms with Gasteiger partial charge in [0.2, 0.25) is 15.9 Å². The third kappa shape index (κ3) is 4.54. The molecule has 0 radical (unpaired) electrons. The van der Waals surface area contributed by atoms with E-state index in [4.69, 9.17) is 0 Å². The molecule has 0 unspecified atom stereocenters. The molecular weight excluding hydrogens is 314 g/mol. The third-order valence-electron chi connectivity index (χ3n) is 3.12. The van der Waals surface area contributed by atoms with Gasteiger partial charge in [-0.05, 0) is 30.3 Å². The van der Waals surface area contributed by atoms with E-state index < -0.39 is 10.0 Å². The summed E-state index contributed by atoms with van der Waals surface area (Å²) in [7, 11) is -0.544. The molecule has 6 nitrogen and oxygen atoms in total. The van der Waals surface area contributed by atoms with Crippen molar-refractivity contribution in [2.45, 2.75) is 4.90 Å². The minimum absolute atomic E-state index is 0.0420. The maximum absolute atomic E-state index is 12.1. The summed E-state index contributed by atoms with van der Waals surface area (Å²) in [4.78, 5) is 12.1. The second-order valence-electron chi connectivity index (χ2n) is 5.08. The molecular formula is C16H19N3O3S. The Labute approximate surface area is 136 Å². The lowest BCUT2D eigenvalue weighted by molar-refractivity contribution is -0.114. The van der Waals surface area contributed by atoms with Gasteiger partial charge in [0.25, 0.3) is 0 Å². The molecule has 0 aliphatic heterocycles.